The third kappa shape index (κ3) is 4.14. The van der Waals surface area contributed by atoms with Crippen LogP contribution in [0, 0.1) is 11.6 Å². The van der Waals surface area contributed by atoms with Crippen LogP contribution in [-0.2, 0) is 9.53 Å². The quantitative estimate of drug-likeness (QED) is 0.610. The molecule has 2 amide bonds. The van der Waals surface area contributed by atoms with Crippen LogP contribution in [0.4, 0.5) is 14.6 Å². The van der Waals surface area contributed by atoms with E-state index in [0.717, 1.165) is 6.07 Å². The van der Waals surface area contributed by atoms with Crippen molar-refractivity contribution in [1.82, 2.24) is 14.8 Å². The first-order valence-corrected chi connectivity index (χ1v) is 12.4. The minimum absolute atomic E-state index is 0.0714. The molecule has 3 aliphatic heterocycles. The fraction of sp³-hybridized carbons (Fsp3) is 0.444. The van der Waals surface area contributed by atoms with Crippen LogP contribution in [0.2, 0.25) is 0 Å². The van der Waals surface area contributed by atoms with Gasteiger partial charge in [0.1, 0.15) is 35.2 Å². The lowest BCUT2D eigenvalue weighted by Gasteiger charge is -2.40. The van der Waals surface area contributed by atoms with Crippen molar-refractivity contribution in [2.75, 3.05) is 44.8 Å². The average molecular weight is 529 g/mol. The Kier molecular flexibility index (Phi) is 6.50. The maximum absolute atomic E-state index is 16.1. The van der Waals surface area contributed by atoms with Crippen LogP contribution in [0.15, 0.2) is 30.9 Å². The first-order chi connectivity index (χ1) is 18.1. The van der Waals surface area contributed by atoms with Crippen LogP contribution in [0.5, 0.6) is 11.5 Å². The van der Waals surface area contributed by atoms with Gasteiger partial charge in [-0.15, -0.1) is 0 Å². The van der Waals surface area contributed by atoms with Crippen molar-refractivity contribution in [2.45, 2.75) is 38.0 Å². The number of aromatic nitrogens is 1. The predicted molar refractivity (Wildman–Crippen MR) is 135 cm³/mol. The van der Waals surface area contributed by atoms with Crippen LogP contribution >= 0.6 is 0 Å². The minimum atomic E-state index is -1.04. The normalized spacial score (nSPS) is 22.4. The molecule has 9 nitrogen and oxygen atoms in total. The summed E-state index contributed by atoms with van der Waals surface area (Å²) in [7, 11) is 1.59. The number of fused-ring (bicyclic) bond motifs is 2. The number of rotatable bonds is 4. The highest BCUT2D eigenvalue weighted by atomic mass is 19.1. The summed E-state index contributed by atoms with van der Waals surface area (Å²) in [6.45, 7) is 8.39. The van der Waals surface area contributed by atoms with E-state index in [9.17, 15) is 19.1 Å². The second-order valence-electron chi connectivity index (χ2n) is 10.4. The molecule has 1 aromatic carbocycles. The summed E-state index contributed by atoms with van der Waals surface area (Å²) in [4.78, 5) is 35.7. The molecule has 202 valence electrons. The molecule has 0 radical (unpaired) electrons. The highest BCUT2D eigenvalue weighted by Crippen LogP contribution is 2.45. The Hall–Kier alpha value is -3.73. The van der Waals surface area contributed by atoms with E-state index in [1.165, 1.54) is 18.2 Å². The fourth-order valence-corrected chi connectivity index (χ4v) is 5.60. The molecule has 2 aromatic rings. The highest BCUT2D eigenvalue weighted by molar-refractivity contribution is 6.03. The van der Waals surface area contributed by atoms with Gasteiger partial charge in [-0.2, -0.15) is 0 Å². The van der Waals surface area contributed by atoms with E-state index in [2.05, 4.69) is 11.6 Å². The number of phenols is 1. The smallest absolute Gasteiger partial charge is 0.262 e. The summed E-state index contributed by atoms with van der Waals surface area (Å²) in [5.41, 5.74) is -1.50. The Bertz CT molecular complexity index is 1300. The second kappa shape index (κ2) is 9.54. The molecule has 0 aliphatic carbocycles. The number of amides is 2. The van der Waals surface area contributed by atoms with E-state index in [4.69, 9.17) is 9.47 Å². The number of hydrogen-bond acceptors (Lipinski definition) is 7. The molecule has 4 heterocycles. The topological polar surface area (TPSA) is 95.4 Å². The third-order valence-electron chi connectivity index (χ3n) is 7.60. The molecular weight excluding hydrogens is 498 g/mol. The number of benzene rings is 1. The monoisotopic (exact) mass is 528 g/mol. The Morgan fingerprint density at radius 3 is 2.68 bits per heavy atom. The zero-order valence-corrected chi connectivity index (χ0v) is 21.5. The van der Waals surface area contributed by atoms with Crippen LogP contribution in [0.1, 0.15) is 30.6 Å². The lowest BCUT2D eigenvalue weighted by molar-refractivity contribution is -0.128. The number of halogens is 2. The number of piperazine rings is 1. The van der Waals surface area contributed by atoms with Gasteiger partial charge in [-0.05, 0) is 38.5 Å². The number of hydrogen-bond donors (Lipinski definition) is 1. The standard InChI is InChI=1S/C27H30F2N4O5/c1-5-19(35)31-9-10-32-15(12-31)14-38-24-21(26(32)36)25(33-13-16(37-4)11-27(33,2)3)30-23(22(24)29)20-17(28)7-6-8-18(20)34/h5-8,15-16,34H,1,9-14H2,2-4H3/t15-,16-/m1/s1. The maximum atomic E-state index is 16.1. The van der Waals surface area contributed by atoms with Crippen molar-refractivity contribution in [3.8, 4) is 22.8 Å². The van der Waals surface area contributed by atoms with Crippen molar-refractivity contribution in [1.29, 1.82) is 0 Å². The van der Waals surface area contributed by atoms with Crippen molar-refractivity contribution in [3.63, 3.8) is 0 Å². The molecule has 2 atom stereocenters. The summed E-state index contributed by atoms with van der Waals surface area (Å²) in [5, 5.41) is 10.5. The van der Waals surface area contributed by atoms with Gasteiger partial charge >= 0.3 is 0 Å². The first-order valence-electron chi connectivity index (χ1n) is 12.4. The van der Waals surface area contributed by atoms with Gasteiger partial charge in [-0.3, -0.25) is 9.59 Å². The molecule has 0 saturated carbocycles. The number of nitrogens with zero attached hydrogens (tertiary/aromatic N) is 4. The number of phenolic OH excluding ortho intramolecular Hbond substituents is 1. The largest absolute Gasteiger partial charge is 0.507 e. The van der Waals surface area contributed by atoms with Gasteiger partial charge in [-0.1, -0.05) is 12.6 Å². The van der Waals surface area contributed by atoms with Crippen LogP contribution in [0.25, 0.3) is 11.3 Å². The summed E-state index contributed by atoms with van der Waals surface area (Å²) >= 11 is 0. The van der Waals surface area contributed by atoms with Gasteiger partial charge in [0, 0.05) is 38.8 Å². The first kappa shape index (κ1) is 25.9. The van der Waals surface area contributed by atoms with Gasteiger partial charge in [0.05, 0.1) is 17.7 Å². The molecule has 5 rings (SSSR count). The fourth-order valence-electron chi connectivity index (χ4n) is 5.60. The molecule has 0 unspecified atom stereocenters. The zero-order valence-electron chi connectivity index (χ0n) is 21.5. The van der Waals surface area contributed by atoms with E-state index in [1.807, 2.05) is 18.7 Å². The van der Waals surface area contributed by atoms with E-state index in [-0.39, 0.29) is 55.4 Å². The van der Waals surface area contributed by atoms with E-state index in [1.54, 1.807) is 16.9 Å². The summed E-state index contributed by atoms with van der Waals surface area (Å²) in [6, 6.07) is 3.10. The van der Waals surface area contributed by atoms with Crippen LogP contribution in [-0.4, -0.2) is 89.3 Å². The lowest BCUT2D eigenvalue weighted by Crippen LogP contribution is -2.57. The number of aromatic hydroxyl groups is 1. The summed E-state index contributed by atoms with van der Waals surface area (Å²) < 4.78 is 42.6. The molecule has 3 aliphatic rings. The Labute approximate surface area is 219 Å². The molecule has 11 heteroatoms. The molecule has 0 spiro atoms. The van der Waals surface area contributed by atoms with E-state index >= 15 is 4.39 Å². The zero-order chi connectivity index (χ0) is 27.4. The van der Waals surface area contributed by atoms with Crippen molar-refractivity contribution >= 4 is 17.6 Å². The minimum Gasteiger partial charge on any atom is -0.507 e. The third-order valence-corrected chi connectivity index (χ3v) is 7.60. The van der Waals surface area contributed by atoms with Crippen LogP contribution < -0.4 is 9.64 Å². The van der Waals surface area contributed by atoms with E-state index in [0.29, 0.717) is 13.0 Å². The van der Waals surface area contributed by atoms with Crippen molar-refractivity contribution in [3.05, 3.63) is 48.1 Å². The van der Waals surface area contributed by atoms with Crippen LogP contribution in [0.3, 0.4) is 0 Å². The van der Waals surface area contributed by atoms with Crippen molar-refractivity contribution in [2.24, 2.45) is 0 Å². The average Bonchev–Trinajstić information content (AvgIpc) is 3.12. The number of ether oxygens (including phenoxy) is 2. The number of methoxy groups -OCH3 is 1. The number of pyridine rings is 1. The molecule has 1 N–H and O–H groups in total. The van der Waals surface area contributed by atoms with Gasteiger partial charge in [-0.25, -0.2) is 13.8 Å². The van der Waals surface area contributed by atoms with Gasteiger partial charge in [0.25, 0.3) is 5.91 Å². The highest BCUT2D eigenvalue weighted by Gasteiger charge is 2.46. The molecule has 2 fully saturated rings. The summed E-state index contributed by atoms with van der Waals surface area (Å²) in [5.74, 6) is -3.40. The van der Waals surface area contributed by atoms with Gasteiger partial charge in [0.2, 0.25) is 5.91 Å². The Balaban J connectivity index is 1.70. The number of carbonyl (C=O) groups is 2. The summed E-state index contributed by atoms with van der Waals surface area (Å²) in [6.07, 6.45) is 1.64. The number of carbonyl (C=O) groups excluding carboxylic acids is 2. The molecule has 0 bridgehead atoms. The van der Waals surface area contributed by atoms with Gasteiger partial charge in [0.15, 0.2) is 11.6 Å². The maximum Gasteiger partial charge on any atom is 0.262 e. The predicted octanol–water partition coefficient (Wildman–Crippen LogP) is 2.97. The second-order valence-corrected chi connectivity index (χ2v) is 10.4. The van der Waals surface area contributed by atoms with Gasteiger partial charge < -0.3 is 29.3 Å². The molecule has 2 saturated heterocycles. The Morgan fingerprint density at radius 1 is 1.26 bits per heavy atom. The molecular formula is C27H30F2N4O5. The van der Waals surface area contributed by atoms with E-state index < -0.39 is 46.1 Å². The number of anilines is 1. The SMILES string of the molecule is C=CC(=O)N1CCN2C(=O)c3c(N4C[C@H](OC)CC4(C)C)nc(-c4c(O)cccc4F)c(F)c3OC[C@H]2C1. The Morgan fingerprint density at radius 2 is 2.03 bits per heavy atom. The molecule has 1 aromatic heterocycles. The van der Waals surface area contributed by atoms with Crippen molar-refractivity contribution < 1.29 is 33.0 Å². The molecule has 38 heavy (non-hydrogen) atoms. The lowest BCUT2D eigenvalue weighted by atomic mass is 9.99.